The van der Waals surface area contributed by atoms with Crippen molar-refractivity contribution in [3.63, 3.8) is 0 Å². The van der Waals surface area contributed by atoms with Crippen LogP contribution in [0.25, 0.3) is 0 Å². The van der Waals surface area contributed by atoms with Gasteiger partial charge < -0.3 is 24.8 Å². The molecule has 4 saturated carbocycles. The van der Waals surface area contributed by atoms with Crippen molar-refractivity contribution in [3.8, 4) is 0 Å². The van der Waals surface area contributed by atoms with Gasteiger partial charge in [0.25, 0.3) is 0 Å². The molecule has 3 unspecified atom stereocenters. The lowest BCUT2D eigenvalue weighted by molar-refractivity contribution is -0.207. The molecule has 0 aromatic rings. The summed E-state index contributed by atoms with van der Waals surface area (Å²) in [5.41, 5.74) is -0.246. The van der Waals surface area contributed by atoms with Gasteiger partial charge in [0.15, 0.2) is 6.61 Å². The Balaban J connectivity index is 1.25. The van der Waals surface area contributed by atoms with Gasteiger partial charge in [-0.05, 0) is 104 Å². The Morgan fingerprint density at radius 3 is 2.44 bits per heavy atom. The molecule has 11 atom stereocenters. The molecule has 0 radical (unpaired) electrons. The summed E-state index contributed by atoms with van der Waals surface area (Å²) in [5.74, 6) is 0.511. The van der Waals surface area contributed by atoms with Crippen molar-refractivity contribution in [2.24, 2.45) is 46.3 Å². The number of hydrogen-bond donors (Lipinski definition) is 4. The van der Waals surface area contributed by atoms with Crippen molar-refractivity contribution >= 4 is 16.1 Å². The monoisotopic (exact) mass is 610 g/mol. The highest BCUT2D eigenvalue weighted by atomic mass is 32.2. The van der Waals surface area contributed by atoms with E-state index in [2.05, 4.69) is 25.5 Å². The van der Waals surface area contributed by atoms with E-state index in [1.165, 1.54) is 0 Å². The molecule has 12 heteroatoms. The van der Waals surface area contributed by atoms with Crippen LogP contribution in [-0.4, -0.2) is 77.6 Å². The lowest BCUT2D eigenvalue weighted by atomic mass is 9.43. The molecule has 238 valence electrons. The van der Waals surface area contributed by atoms with Crippen LogP contribution >= 0.6 is 0 Å². The highest BCUT2D eigenvalue weighted by molar-refractivity contribution is 7.86. The van der Waals surface area contributed by atoms with Crippen molar-refractivity contribution in [2.45, 2.75) is 109 Å². The van der Waals surface area contributed by atoms with Gasteiger partial charge in [0.2, 0.25) is 0 Å². The van der Waals surface area contributed by atoms with E-state index in [-0.39, 0.29) is 53.6 Å². The Kier molecular flexibility index (Phi) is 9.84. The fraction of sp³-hybridized carbons (Fsp3) is 0.966. The minimum Gasteiger partial charge on any atom is -0.458 e. The van der Waals surface area contributed by atoms with Crippen molar-refractivity contribution < 1.29 is 51.3 Å². The maximum Gasteiger partial charge on any atom is 0.402 e. The number of carbonyl (C=O) groups is 1. The molecule has 4 rings (SSSR count). The van der Waals surface area contributed by atoms with E-state index in [9.17, 15) is 37.3 Å². The van der Waals surface area contributed by atoms with Crippen LogP contribution < -0.4 is 0 Å². The Labute approximate surface area is 242 Å². The third-order valence-corrected chi connectivity index (χ3v) is 12.6. The van der Waals surface area contributed by atoms with E-state index < -0.39 is 40.2 Å². The van der Waals surface area contributed by atoms with Crippen LogP contribution in [0.2, 0.25) is 0 Å². The smallest absolute Gasteiger partial charge is 0.402 e. The Hall–Kier alpha value is -0.920. The van der Waals surface area contributed by atoms with E-state index in [1.54, 1.807) is 0 Å². The highest BCUT2D eigenvalue weighted by Gasteiger charge is 2.65. The molecule has 0 amide bonds. The van der Waals surface area contributed by atoms with Crippen LogP contribution in [0.15, 0.2) is 0 Å². The minimum absolute atomic E-state index is 0.0380. The molecule has 4 aliphatic rings. The second kappa shape index (κ2) is 12.2. The van der Waals surface area contributed by atoms with Crippen molar-refractivity contribution in [1.29, 1.82) is 0 Å². The van der Waals surface area contributed by atoms with Crippen molar-refractivity contribution in [2.75, 3.05) is 19.8 Å². The number of hydrogen-bond acceptors (Lipinski definition) is 8. The number of alkyl halides is 2. The molecule has 0 aliphatic heterocycles. The number of ether oxygens (including phenoxy) is 2. The molecular weight excluding hydrogens is 562 g/mol. The maximum absolute atomic E-state index is 13.2. The molecule has 0 saturated heterocycles. The first kappa shape index (κ1) is 33.0. The topological polar surface area (TPSA) is 151 Å². The zero-order valence-corrected chi connectivity index (χ0v) is 25.2. The van der Waals surface area contributed by atoms with E-state index in [1.807, 2.05) is 0 Å². The van der Waals surface area contributed by atoms with Crippen LogP contribution in [0.3, 0.4) is 0 Å². The summed E-state index contributed by atoms with van der Waals surface area (Å²) in [6.45, 7) is 5.27. The minimum atomic E-state index is -5.66. The van der Waals surface area contributed by atoms with Gasteiger partial charge in [0.1, 0.15) is 0 Å². The predicted molar refractivity (Wildman–Crippen MR) is 145 cm³/mol. The molecule has 4 N–H and O–H groups in total. The van der Waals surface area contributed by atoms with Crippen LogP contribution in [0.5, 0.6) is 0 Å². The standard InChI is InChI=1S/C29H48F2O9S/c1-17(5-4-11-39-12-9-25(35)40-16-29(30,31)41(36,37)38)20-6-7-21-26-22(15-24(34)28(20,21)3)27(2)10-8-19(32)13-18(27)14-23(26)33/h17-24,26,32-34H,4-16H2,1-3H3,(H,36,37,38)/t17-,18+,19?,20-,21+,22+,23?,24?,26+,27+,28-/m1/s1. The Bertz CT molecular complexity index is 1040. The first-order valence-electron chi connectivity index (χ1n) is 15.1. The Morgan fingerprint density at radius 1 is 1.05 bits per heavy atom. The zero-order valence-electron chi connectivity index (χ0n) is 24.4. The molecule has 0 heterocycles. The summed E-state index contributed by atoms with van der Waals surface area (Å²) >= 11 is 0. The summed E-state index contributed by atoms with van der Waals surface area (Å²) in [6, 6.07) is 0. The fourth-order valence-corrected chi connectivity index (χ4v) is 9.62. The number of rotatable bonds is 11. The zero-order chi connectivity index (χ0) is 30.4. The summed E-state index contributed by atoms with van der Waals surface area (Å²) < 4.78 is 65.6. The molecule has 4 fully saturated rings. The largest absolute Gasteiger partial charge is 0.458 e. The summed E-state index contributed by atoms with van der Waals surface area (Å²) in [4.78, 5) is 11.6. The van der Waals surface area contributed by atoms with E-state index in [0.717, 1.165) is 44.9 Å². The molecule has 4 aliphatic carbocycles. The third kappa shape index (κ3) is 6.34. The number of aliphatic hydroxyl groups is 3. The summed E-state index contributed by atoms with van der Waals surface area (Å²) in [7, 11) is -5.66. The first-order chi connectivity index (χ1) is 19.0. The van der Waals surface area contributed by atoms with Crippen LogP contribution in [-0.2, 0) is 24.4 Å². The number of halogens is 2. The number of esters is 1. The van der Waals surface area contributed by atoms with Gasteiger partial charge in [-0.25, -0.2) is 0 Å². The summed E-state index contributed by atoms with van der Waals surface area (Å²) in [6.07, 6.45) is 5.95. The molecule has 0 aromatic heterocycles. The van der Waals surface area contributed by atoms with Gasteiger partial charge in [0, 0.05) is 6.61 Å². The quantitative estimate of drug-likeness (QED) is 0.156. The lowest BCUT2D eigenvalue weighted by Crippen LogP contribution is -2.62. The van der Waals surface area contributed by atoms with E-state index >= 15 is 0 Å². The molecule has 41 heavy (non-hydrogen) atoms. The third-order valence-electron chi connectivity index (χ3n) is 11.7. The average molecular weight is 611 g/mol. The number of carbonyl (C=O) groups excluding carboxylic acids is 1. The van der Waals surface area contributed by atoms with Gasteiger partial charge in [-0.2, -0.15) is 17.2 Å². The molecule has 0 spiro atoms. The lowest BCUT2D eigenvalue weighted by Gasteiger charge is -2.63. The molecule has 0 bridgehead atoms. The van der Waals surface area contributed by atoms with Crippen LogP contribution in [0, 0.1) is 46.3 Å². The van der Waals surface area contributed by atoms with E-state index in [0.29, 0.717) is 31.3 Å². The van der Waals surface area contributed by atoms with Crippen molar-refractivity contribution in [1.82, 2.24) is 0 Å². The molecular formula is C29H48F2O9S. The average Bonchev–Trinajstić information content (AvgIpc) is 3.24. The Morgan fingerprint density at radius 2 is 1.76 bits per heavy atom. The van der Waals surface area contributed by atoms with Crippen LogP contribution in [0.1, 0.15) is 85.0 Å². The van der Waals surface area contributed by atoms with Gasteiger partial charge >= 0.3 is 21.3 Å². The van der Waals surface area contributed by atoms with Gasteiger partial charge in [-0.15, -0.1) is 0 Å². The van der Waals surface area contributed by atoms with Gasteiger partial charge in [-0.1, -0.05) is 20.8 Å². The van der Waals surface area contributed by atoms with E-state index in [4.69, 9.17) is 9.29 Å². The highest BCUT2D eigenvalue weighted by Crippen LogP contribution is 2.68. The first-order valence-corrected chi connectivity index (χ1v) is 16.6. The van der Waals surface area contributed by atoms with Gasteiger partial charge in [0.05, 0.1) is 31.3 Å². The maximum atomic E-state index is 13.2. The summed E-state index contributed by atoms with van der Waals surface area (Å²) in [5, 5.41) is 28.8. The number of fused-ring (bicyclic) bond motifs is 5. The predicted octanol–water partition coefficient (Wildman–Crippen LogP) is 3.79. The van der Waals surface area contributed by atoms with Crippen LogP contribution in [0.4, 0.5) is 8.78 Å². The molecule has 9 nitrogen and oxygen atoms in total. The molecule has 0 aromatic carbocycles. The second-order valence-electron chi connectivity index (χ2n) is 13.8. The fourth-order valence-electron chi connectivity index (χ4n) is 9.41. The van der Waals surface area contributed by atoms with Crippen molar-refractivity contribution in [3.05, 3.63) is 0 Å². The second-order valence-corrected chi connectivity index (χ2v) is 15.3. The normalized spacial score (nSPS) is 41.7. The SMILES string of the molecule is C[C@H](CCCOCCC(=O)OCC(F)(F)S(=O)(=O)O)[C@H]1CC[C@H]2[C@@H]3C(O)C[C@@H]4CC(O)CC[C@]4(C)[C@H]3CC(O)[C@]12C. The number of aliphatic hydroxyl groups excluding tert-OH is 3. The van der Waals surface area contributed by atoms with Gasteiger partial charge in [-0.3, -0.25) is 9.35 Å².